The van der Waals surface area contributed by atoms with Crippen molar-refractivity contribution in [1.29, 1.82) is 0 Å². The summed E-state index contributed by atoms with van der Waals surface area (Å²) in [7, 11) is 0. The summed E-state index contributed by atoms with van der Waals surface area (Å²) < 4.78 is 0.865. The van der Waals surface area contributed by atoms with Gasteiger partial charge in [0.1, 0.15) is 0 Å². The van der Waals surface area contributed by atoms with Crippen molar-refractivity contribution in [3.05, 3.63) is 26.7 Å². The Balaban J connectivity index is 2.27. The molecule has 1 atom stereocenters. The minimum Gasteiger partial charge on any atom is -0.333 e. The van der Waals surface area contributed by atoms with Crippen molar-refractivity contribution >= 4 is 61.7 Å². The summed E-state index contributed by atoms with van der Waals surface area (Å²) in [6.07, 6.45) is 2.13. The summed E-state index contributed by atoms with van der Waals surface area (Å²) in [5.41, 5.74) is 0.736. The summed E-state index contributed by atoms with van der Waals surface area (Å²) >= 11 is 17.5. The van der Waals surface area contributed by atoms with Gasteiger partial charge in [-0.15, -0.1) is 0 Å². The van der Waals surface area contributed by atoms with E-state index in [1.54, 1.807) is 11.8 Å². The molecule has 6 heteroatoms. The van der Waals surface area contributed by atoms with Crippen molar-refractivity contribution in [3.8, 4) is 0 Å². The average Bonchev–Trinajstić information content (AvgIpc) is 2.34. The number of nitrogens with zero attached hydrogens (tertiary/aromatic N) is 1. The molecule has 104 valence electrons. The predicted octanol–water partition coefficient (Wildman–Crippen LogP) is 5.83. The zero-order chi connectivity index (χ0) is 14.0. The quantitative estimate of drug-likeness (QED) is 0.696. The van der Waals surface area contributed by atoms with Crippen molar-refractivity contribution in [2.45, 2.75) is 32.2 Å². The normalized spacial score (nSPS) is 23.1. The predicted molar refractivity (Wildman–Crippen MR) is 91.0 cm³/mol. The van der Waals surface area contributed by atoms with Crippen LogP contribution in [-0.4, -0.2) is 16.5 Å². The topological polar surface area (TPSA) is 24.4 Å². The maximum absolute atomic E-state index is 6.22. The molecule has 0 saturated carbocycles. The minimum atomic E-state index is 0.0158. The van der Waals surface area contributed by atoms with Gasteiger partial charge in [0, 0.05) is 10.2 Å². The van der Waals surface area contributed by atoms with E-state index in [-0.39, 0.29) is 5.54 Å². The third-order valence-electron chi connectivity index (χ3n) is 3.25. The lowest BCUT2D eigenvalue weighted by Crippen LogP contribution is -2.29. The summed E-state index contributed by atoms with van der Waals surface area (Å²) in [5, 5.41) is 5.33. The maximum Gasteiger partial charge on any atom is 0.161 e. The SMILES string of the molecule is CCC1(C)CCSC(Nc2c(Cl)cc(Br)cc2Cl)=N1. The second kappa shape index (κ2) is 6.25. The lowest BCUT2D eigenvalue weighted by Gasteiger charge is -2.29. The van der Waals surface area contributed by atoms with Gasteiger partial charge in [0.25, 0.3) is 0 Å². The van der Waals surface area contributed by atoms with E-state index < -0.39 is 0 Å². The lowest BCUT2D eigenvalue weighted by atomic mass is 9.97. The van der Waals surface area contributed by atoms with Gasteiger partial charge in [0.05, 0.1) is 21.3 Å². The van der Waals surface area contributed by atoms with Gasteiger partial charge < -0.3 is 5.32 Å². The Labute approximate surface area is 136 Å². The maximum atomic E-state index is 6.22. The second-order valence-electron chi connectivity index (χ2n) is 4.74. The van der Waals surface area contributed by atoms with Crippen LogP contribution in [0.5, 0.6) is 0 Å². The van der Waals surface area contributed by atoms with E-state index in [0.717, 1.165) is 33.9 Å². The van der Waals surface area contributed by atoms with E-state index in [4.69, 9.17) is 28.2 Å². The number of halogens is 3. The monoisotopic (exact) mass is 380 g/mol. The molecule has 0 aromatic heterocycles. The first kappa shape index (κ1) is 15.5. The van der Waals surface area contributed by atoms with Crippen molar-refractivity contribution in [3.63, 3.8) is 0 Å². The summed E-state index contributed by atoms with van der Waals surface area (Å²) in [5.74, 6) is 1.06. The molecule has 1 heterocycles. The number of nitrogens with one attached hydrogen (secondary N) is 1. The fourth-order valence-electron chi connectivity index (χ4n) is 1.79. The Hall–Kier alpha value is 0.1000. The number of rotatable bonds is 2. The average molecular weight is 382 g/mol. The highest BCUT2D eigenvalue weighted by atomic mass is 79.9. The Morgan fingerprint density at radius 3 is 2.63 bits per heavy atom. The minimum absolute atomic E-state index is 0.0158. The van der Waals surface area contributed by atoms with E-state index in [9.17, 15) is 0 Å². The first-order valence-electron chi connectivity index (χ1n) is 6.08. The number of amidine groups is 1. The molecular weight excluding hydrogens is 367 g/mol. The first-order valence-corrected chi connectivity index (χ1v) is 8.61. The summed E-state index contributed by atoms with van der Waals surface area (Å²) in [4.78, 5) is 4.77. The van der Waals surface area contributed by atoms with Gasteiger partial charge in [0.2, 0.25) is 0 Å². The van der Waals surface area contributed by atoms with Gasteiger partial charge in [-0.05, 0) is 31.9 Å². The molecule has 19 heavy (non-hydrogen) atoms. The fourth-order valence-corrected chi connectivity index (χ4v) is 4.29. The molecule has 0 bridgehead atoms. The van der Waals surface area contributed by atoms with Crippen LogP contribution in [0.3, 0.4) is 0 Å². The van der Waals surface area contributed by atoms with E-state index in [1.807, 2.05) is 12.1 Å². The number of thioether (sulfide) groups is 1. The van der Waals surface area contributed by atoms with Gasteiger partial charge >= 0.3 is 0 Å². The van der Waals surface area contributed by atoms with E-state index in [0.29, 0.717) is 10.0 Å². The van der Waals surface area contributed by atoms with Gasteiger partial charge in [-0.1, -0.05) is 57.8 Å². The van der Waals surface area contributed by atoms with Gasteiger partial charge in [-0.3, -0.25) is 4.99 Å². The van der Waals surface area contributed by atoms with Gasteiger partial charge in [0.15, 0.2) is 5.17 Å². The van der Waals surface area contributed by atoms with Crippen molar-refractivity contribution in [1.82, 2.24) is 0 Å². The Bertz CT molecular complexity index is 498. The van der Waals surface area contributed by atoms with Crippen LogP contribution in [0.25, 0.3) is 0 Å². The highest BCUT2D eigenvalue weighted by molar-refractivity contribution is 9.10. The van der Waals surface area contributed by atoms with Crippen LogP contribution in [0.15, 0.2) is 21.6 Å². The molecule has 1 unspecified atom stereocenters. The first-order chi connectivity index (χ1) is 8.93. The third kappa shape index (κ3) is 3.81. The summed E-state index contributed by atoms with van der Waals surface area (Å²) in [6.45, 7) is 4.34. The van der Waals surface area contributed by atoms with Crippen molar-refractivity contribution < 1.29 is 0 Å². The van der Waals surface area contributed by atoms with Crippen LogP contribution in [-0.2, 0) is 0 Å². The molecular formula is C13H15BrCl2N2S. The smallest absolute Gasteiger partial charge is 0.161 e. The van der Waals surface area contributed by atoms with Gasteiger partial charge in [-0.25, -0.2) is 0 Å². The molecule has 2 rings (SSSR count). The van der Waals surface area contributed by atoms with Crippen LogP contribution >= 0.6 is 50.9 Å². The molecule has 0 fully saturated rings. The molecule has 0 amide bonds. The summed E-state index contributed by atoms with van der Waals surface area (Å²) in [6, 6.07) is 3.64. The number of anilines is 1. The molecule has 1 aliphatic rings. The van der Waals surface area contributed by atoms with Crippen LogP contribution in [0.1, 0.15) is 26.7 Å². The standard InChI is InChI=1S/C13H15BrCl2N2S/c1-3-13(2)4-5-19-12(18-13)17-11-9(15)6-8(14)7-10(11)16/h6-7H,3-5H2,1-2H3,(H,17,18). The van der Waals surface area contributed by atoms with Gasteiger partial charge in [-0.2, -0.15) is 0 Å². The second-order valence-corrected chi connectivity index (χ2v) is 7.55. The molecule has 0 spiro atoms. The van der Waals surface area contributed by atoms with Crippen LogP contribution < -0.4 is 5.32 Å². The lowest BCUT2D eigenvalue weighted by molar-refractivity contribution is 0.443. The molecule has 0 radical (unpaired) electrons. The van der Waals surface area contributed by atoms with Crippen LogP contribution in [0.4, 0.5) is 5.69 Å². The Morgan fingerprint density at radius 2 is 2.05 bits per heavy atom. The number of hydrogen-bond acceptors (Lipinski definition) is 3. The molecule has 1 aromatic carbocycles. The number of benzene rings is 1. The third-order valence-corrected chi connectivity index (χ3v) is 5.18. The Kier molecular flexibility index (Phi) is 5.09. The van der Waals surface area contributed by atoms with E-state index in [2.05, 4.69) is 35.1 Å². The molecule has 1 N–H and O–H groups in total. The zero-order valence-corrected chi connectivity index (χ0v) is 14.7. The Morgan fingerprint density at radius 1 is 1.42 bits per heavy atom. The van der Waals surface area contributed by atoms with Crippen molar-refractivity contribution in [2.75, 3.05) is 11.1 Å². The van der Waals surface area contributed by atoms with Crippen LogP contribution in [0, 0.1) is 0 Å². The number of aliphatic imine (C=N–C) groups is 1. The highest BCUT2D eigenvalue weighted by Crippen LogP contribution is 2.36. The fraction of sp³-hybridized carbons (Fsp3) is 0.462. The molecule has 2 nitrogen and oxygen atoms in total. The number of hydrogen-bond donors (Lipinski definition) is 1. The molecule has 1 aliphatic heterocycles. The zero-order valence-electron chi connectivity index (χ0n) is 10.8. The van der Waals surface area contributed by atoms with Crippen LogP contribution in [0.2, 0.25) is 10.0 Å². The molecule has 0 saturated heterocycles. The van der Waals surface area contributed by atoms with E-state index >= 15 is 0 Å². The largest absolute Gasteiger partial charge is 0.333 e. The van der Waals surface area contributed by atoms with E-state index in [1.165, 1.54) is 0 Å². The highest BCUT2D eigenvalue weighted by Gasteiger charge is 2.26. The molecule has 0 aliphatic carbocycles. The van der Waals surface area contributed by atoms with Crippen molar-refractivity contribution in [2.24, 2.45) is 4.99 Å². The molecule has 1 aromatic rings.